The van der Waals surface area contributed by atoms with Gasteiger partial charge in [-0.1, -0.05) is 57.2 Å². The molecule has 2 aliphatic rings. The van der Waals surface area contributed by atoms with Gasteiger partial charge in [0.2, 0.25) is 5.60 Å². The molecule has 0 bridgehead atoms. The first-order chi connectivity index (χ1) is 12.6. The Labute approximate surface area is 162 Å². The molecule has 0 saturated carbocycles. The minimum Gasteiger partial charge on any atom is -0.414 e. The summed E-state index contributed by atoms with van der Waals surface area (Å²) in [6.07, 6.45) is 3.06. The minimum absolute atomic E-state index is 0.0773. The van der Waals surface area contributed by atoms with Gasteiger partial charge in [-0.3, -0.25) is 9.59 Å². The number of nitrogens with zero attached hydrogens (tertiary/aromatic N) is 1. The molecule has 0 aromatic heterocycles. The number of rotatable bonds is 5. The number of hydrogen-bond donors (Lipinski definition) is 0. The highest BCUT2D eigenvalue weighted by molar-refractivity contribution is 6.74. The summed E-state index contributed by atoms with van der Waals surface area (Å²) < 4.78 is 12.2. The van der Waals surface area contributed by atoms with E-state index in [2.05, 4.69) is 33.9 Å². The Hall–Kier alpha value is -1.76. The van der Waals surface area contributed by atoms with Crippen LogP contribution in [0, 0.1) is 0 Å². The average molecular weight is 388 g/mol. The molecule has 146 valence electrons. The van der Waals surface area contributed by atoms with E-state index in [1.165, 1.54) is 0 Å². The first-order valence-corrected chi connectivity index (χ1v) is 12.3. The highest BCUT2D eigenvalue weighted by Gasteiger charge is 2.56. The maximum absolute atomic E-state index is 12.9. The number of carbonyl (C=O) groups excluding carboxylic acids is 2. The number of likely N-dealkylation sites (tertiary alicyclic amines) is 1. The van der Waals surface area contributed by atoms with Crippen molar-refractivity contribution in [3.63, 3.8) is 0 Å². The molecule has 2 atom stereocenters. The van der Waals surface area contributed by atoms with Gasteiger partial charge < -0.3 is 14.1 Å². The van der Waals surface area contributed by atoms with Crippen molar-refractivity contribution in [1.29, 1.82) is 0 Å². The van der Waals surface area contributed by atoms with Crippen LogP contribution in [0.3, 0.4) is 0 Å². The molecule has 1 spiro atoms. The summed E-state index contributed by atoms with van der Waals surface area (Å²) in [5.74, 6) is -0.475. The molecule has 5 nitrogen and oxygen atoms in total. The zero-order chi connectivity index (χ0) is 19.9. The second-order valence-electron chi connectivity index (χ2n) is 8.89. The first-order valence-electron chi connectivity index (χ1n) is 9.43. The number of amides is 1. The van der Waals surface area contributed by atoms with Crippen LogP contribution in [0.4, 0.5) is 0 Å². The van der Waals surface area contributed by atoms with Crippen LogP contribution in [0.5, 0.6) is 0 Å². The van der Waals surface area contributed by atoms with Crippen molar-refractivity contribution in [2.75, 3.05) is 13.2 Å². The topological polar surface area (TPSA) is 55.8 Å². The summed E-state index contributed by atoms with van der Waals surface area (Å²) in [6.45, 7) is 11.7. The van der Waals surface area contributed by atoms with Gasteiger partial charge in [-0.25, -0.2) is 0 Å². The third-order valence-electron chi connectivity index (χ3n) is 5.87. The van der Waals surface area contributed by atoms with Crippen LogP contribution in [-0.4, -0.2) is 49.8 Å². The Morgan fingerprint density at radius 1 is 1.22 bits per heavy atom. The number of hydrogen-bond acceptors (Lipinski definition) is 4. The SMILES string of the molecule is CC(C)(C)[Si](C)(C)OC[C@@H]1C=C[C@@]2(O1)C(=O)CN(Cc1ccccc1)C2=O. The summed E-state index contributed by atoms with van der Waals surface area (Å²) in [7, 11) is -1.92. The zero-order valence-electron chi connectivity index (χ0n) is 16.8. The fourth-order valence-corrected chi connectivity index (χ4v) is 4.10. The molecule has 1 aromatic rings. The summed E-state index contributed by atoms with van der Waals surface area (Å²) in [4.78, 5) is 27.2. The fraction of sp³-hybridized carbons (Fsp3) is 0.524. The molecule has 0 radical (unpaired) electrons. The molecular formula is C21H29NO4Si. The van der Waals surface area contributed by atoms with E-state index in [4.69, 9.17) is 9.16 Å². The van der Waals surface area contributed by atoms with Crippen molar-refractivity contribution >= 4 is 20.0 Å². The van der Waals surface area contributed by atoms with Gasteiger partial charge in [-0.15, -0.1) is 0 Å². The van der Waals surface area contributed by atoms with Crippen LogP contribution in [-0.2, 0) is 25.3 Å². The number of carbonyl (C=O) groups is 2. The third kappa shape index (κ3) is 3.79. The lowest BCUT2D eigenvalue weighted by molar-refractivity contribution is -0.151. The lowest BCUT2D eigenvalue weighted by Gasteiger charge is -2.37. The maximum Gasteiger partial charge on any atom is 0.267 e. The largest absolute Gasteiger partial charge is 0.414 e. The van der Waals surface area contributed by atoms with Gasteiger partial charge in [0.05, 0.1) is 13.2 Å². The van der Waals surface area contributed by atoms with E-state index in [0.29, 0.717) is 13.2 Å². The van der Waals surface area contributed by atoms with Gasteiger partial charge >= 0.3 is 0 Å². The molecule has 2 heterocycles. The van der Waals surface area contributed by atoms with Crippen molar-refractivity contribution in [3.8, 4) is 0 Å². The normalized spacial score (nSPS) is 25.8. The lowest BCUT2D eigenvalue weighted by atomic mass is 10.0. The smallest absolute Gasteiger partial charge is 0.267 e. The molecule has 0 aliphatic carbocycles. The van der Waals surface area contributed by atoms with Crippen LogP contribution in [0.25, 0.3) is 0 Å². The minimum atomic E-state index is -1.92. The third-order valence-corrected chi connectivity index (χ3v) is 10.4. The Morgan fingerprint density at radius 2 is 1.89 bits per heavy atom. The fourth-order valence-electron chi connectivity index (χ4n) is 3.09. The molecule has 6 heteroatoms. The van der Waals surface area contributed by atoms with Crippen LogP contribution >= 0.6 is 0 Å². The van der Waals surface area contributed by atoms with Gasteiger partial charge in [0, 0.05) is 6.54 Å². The predicted octanol–water partition coefficient (Wildman–Crippen LogP) is 3.31. The van der Waals surface area contributed by atoms with E-state index < -0.39 is 13.9 Å². The lowest BCUT2D eigenvalue weighted by Crippen LogP contribution is -2.46. The quantitative estimate of drug-likeness (QED) is 0.442. The van der Waals surface area contributed by atoms with Crippen LogP contribution in [0.1, 0.15) is 26.3 Å². The highest BCUT2D eigenvalue weighted by Crippen LogP contribution is 2.38. The number of ether oxygens (including phenoxy) is 1. The van der Waals surface area contributed by atoms with Gasteiger partial charge in [0.1, 0.15) is 6.10 Å². The van der Waals surface area contributed by atoms with E-state index in [1.54, 1.807) is 17.1 Å². The average Bonchev–Trinajstić information content (AvgIpc) is 3.12. The van der Waals surface area contributed by atoms with Crippen molar-refractivity contribution in [2.45, 2.75) is 57.2 Å². The summed E-state index contributed by atoms with van der Waals surface area (Å²) in [6, 6.07) is 9.67. The highest BCUT2D eigenvalue weighted by atomic mass is 28.4. The predicted molar refractivity (Wildman–Crippen MR) is 107 cm³/mol. The van der Waals surface area contributed by atoms with E-state index in [9.17, 15) is 9.59 Å². The molecule has 1 fully saturated rings. The molecular weight excluding hydrogens is 358 g/mol. The monoisotopic (exact) mass is 387 g/mol. The van der Waals surface area contributed by atoms with Gasteiger partial charge in [-0.05, 0) is 29.8 Å². The molecule has 2 aliphatic heterocycles. The van der Waals surface area contributed by atoms with Gasteiger partial charge in [0.15, 0.2) is 14.1 Å². The zero-order valence-corrected chi connectivity index (χ0v) is 17.8. The summed E-state index contributed by atoms with van der Waals surface area (Å²) in [5, 5.41) is 0.0957. The number of ketones is 1. The number of Topliss-reactive ketones (excluding diaryl/α,β-unsaturated/α-hetero) is 1. The van der Waals surface area contributed by atoms with E-state index in [1.807, 2.05) is 30.3 Å². The van der Waals surface area contributed by atoms with Gasteiger partial charge in [0.25, 0.3) is 5.91 Å². The van der Waals surface area contributed by atoms with Gasteiger partial charge in [-0.2, -0.15) is 0 Å². The molecule has 27 heavy (non-hydrogen) atoms. The van der Waals surface area contributed by atoms with E-state index in [-0.39, 0.29) is 29.4 Å². The molecule has 3 rings (SSSR count). The Morgan fingerprint density at radius 3 is 2.52 bits per heavy atom. The van der Waals surface area contributed by atoms with Crippen LogP contribution in [0.15, 0.2) is 42.5 Å². The first kappa shape index (κ1) is 20.0. The standard InChI is InChI=1S/C21H29NO4Si/c1-20(2,3)27(4,5)25-15-17-11-12-21(26-17)18(23)14-22(19(21)24)13-16-9-7-6-8-10-16/h6-12,17H,13-15H2,1-5H3/t17-,21+/m0/s1. The molecule has 1 aromatic carbocycles. The summed E-state index contributed by atoms with van der Waals surface area (Å²) in [5.41, 5.74) is -0.466. The van der Waals surface area contributed by atoms with Crippen molar-refractivity contribution in [3.05, 3.63) is 48.0 Å². The van der Waals surface area contributed by atoms with E-state index in [0.717, 1.165) is 5.56 Å². The Kier molecular flexibility index (Phi) is 5.18. The second-order valence-corrected chi connectivity index (χ2v) is 13.7. The van der Waals surface area contributed by atoms with Crippen molar-refractivity contribution in [1.82, 2.24) is 4.90 Å². The van der Waals surface area contributed by atoms with Crippen LogP contribution in [0.2, 0.25) is 18.1 Å². The van der Waals surface area contributed by atoms with Crippen LogP contribution < -0.4 is 0 Å². The second kappa shape index (κ2) is 7.00. The molecule has 1 amide bonds. The van der Waals surface area contributed by atoms with Crippen molar-refractivity contribution in [2.24, 2.45) is 0 Å². The number of benzene rings is 1. The molecule has 1 saturated heterocycles. The summed E-state index contributed by atoms with van der Waals surface area (Å²) >= 11 is 0. The molecule has 0 N–H and O–H groups in total. The Balaban J connectivity index is 1.65. The van der Waals surface area contributed by atoms with E-state index >= 15 is 0 Å². The molecule has 0 unspecified atom stereocenters. The van der Waals surface area contributed by atoms with Crippen molar-refractivity contribution < 1.29 is 18.8 Å². The maximum atomic E-state index is 12.9. The Bertz CT molecular complexity index is 753.